The average Bonchev–Trinajstić information content (AvgIpc) is 3.20. The van der Waals surface area contributed by atoms with E-state index in [4.69, 9.17) is 5.73 Å². The van der Waals surface area contributed by atoms with Gasteiger partial charge in [-0.1, -0.05) is 45.0 Å². The number of nitrogens with zero attached hydrogens (tertiary/aromatic N) is 1. The third-order valence-corrected chi connectivity index (χ3v) is 7.13. The molecule has 0 spiro atoms. The Hall–Kier alpha value is -2.19. The molecule has 0 aromatic heterocycles. The van der Waals surface area contributed by atoms with Crippen LogP contribution >= 0.6 is 0 Å². The molecule has 3 rings (SSSR count). The van der Waals surface area contributed by atoms with Crippen LogP contribution in [0.3, 0.4) is 0 Å². The zero-order valence-corrected chi connectivity index (χ0v) is 16.2. The predicted molar refractivity (Wildman–Crippen MR) is 102 cm³/mol. The number of carbonyl (C=O) groups is 2. The minimum atomic E-state index is -1.29. The van der Waals surface area contributed by atoms with Gasteiger partial charge < -0.3 is 10.8 Å². The molecule has 0 radical (unpaired) electrons. The zero-order valence-electron chi connectivity index (χ0n) is 16.2. The van der Waals surface area contributed by atoms with Gasteiger partial charge in [-0.3, -0.25) is 9.59 Å². The van der Waals surface area contributed by atoms with Crippen molar-refractivity contribution in [2.24, 2.45) is 34.3 Å². The number of aliphatic carboxylic acids is 1. The molecule has 5 nitrogen and oxygen atoms in total. The summed E-state index contributed by atoms with van der Waals surface area (Å²) < 4.78 is 0. The van der Waals surface area contributed by atoms with E-state index in [1.54, 1.807) is 0 Å². The Morgan fingerprint density at radius 1 is 1.33 bits per heavy atom. The van der Waals surface area contributed by atoms with Gasteiger partial charge in [0.15, 0.2) is 5.78 Å². The molecule has 144 valence electrons. The number of fused-ring (bicyclic) bond motifs is 1. The maximum absolute atomic E-state index is 12.8. The van der Waals surface area contributed by atoms with Gasteiger partial charge >= 0.3 is 5.97 Å². The van der Waals surface area contributed by atoms with Crippen LogP contribution in [-0.4, -0.2) is 23.4 Å². The van der Waals surface area contributed by atoms with Crippen molar-refractivity contribution in [3.63, 3.8) is 0 Å². The number of Topliss-reactive ketones (excluding diaryl/α,β-unsaturated/α-hetero) is 1. The minimum absolute atomic E-state index is 0.116. The lowest BCUT2D eigenvalue weighted by molar-refractivity contribution is -0.146. The van der Waals surface area contributed by atoms with Crippen LogP contribution in [0.15, 0.2) is 24.3 Å². The maximum Gasteiger partial charge on any atom is 0.310 e. The summed E-state index contributed by atoms with van der Waals surface area (Å²) in [7, 11) is 0. The van der Waals surface area contributed by atoms with Crippen LogP contribution in [0.5, 0.6) is 0 Å². The fraction of sp³-hybridized carbons (Fsp3) is 0.591. The van der Waals surface area contributed by atoms with E-state index in [0.717, 1.165) is 5.56 Å². The number of ketones is 1. The maximum atomic E-state index is 12.8. The van der Waals surface area contributed by atoms with Crippen LogP contribution in [0.2, 0.25) is 0 Å². The highest BCUT2D eigenvalue weighted by Crippen LogP contribution is 2.77. The lowest BCUT2D eigenvalue weighted by Gasteiger charge is -2.33. The molecule has 0 bridgehead atoms. The second-order valence-electron chi connectivity index (χ2n) is 8.42. The Morgan fingerprint density at radius 3 is 2.41 bits per heavy atom. The van der Waals surface area contributed by atoms with Crippen LogP contribution < -0.4 is 5.73 Å². The smallest absolute Gasteiger partial charge is 0.310 e. The van der Waals surface area contributed by atoms with Crippen molar-refractivity contribution in [1.82, 2.24) is 0 Å². The second-order valence-corrected chi connectivity index (χ2v) is 8.42. The lowest BCUT2D eigenvalue weighted by Crippen LogP contribution is -2.45. The van der Waals surface area contributed by atoms with Crippen molar-refractivity contribution < 1.29 is 14.7 Å². The van der Waals surface area contributed by atoms with E-state index in [1.165, 1.54) is 5.56 Å². The van der Waals surface area contributed by atoms with Gasteiger partial charge in [-0.15, -0.1) is 0 Å². The van der Waals surface area contributed by atoms with E-state index in [9.17, 15) is 20.0 Å². The summed E-state index contributed by atoms with van der Waals surface area (Å²) in [5.74, 6) is -1.47. The summed E-state index contributed by atoms with van der Waals surface area (Å²) in [6, 6.07) is 10.5. The predicted octanol–water partition coefficient (Wildman–Crippen LogP) is 3.14. The molecule has 1 aromatic rings. The second kappa shape index (κ2) is 6.76. The van der Waals surface area contributed by atoms with Crippen LogP contribution in [-0.2, 0) is 16.0 Å². The SMILES string of the molecule is CCC1(C(=O)O)C2CC(Cc3ccc(C(C)C)cc3)C(C#N)(C(=O)CN)C21. The molecule has 2 aliphatic carbocycles. The van der Waals surface area contributed by atoms with Crippen molar-refractivity contribution in [2.45, 2.75) is 46.0 Å². The molecule has 0 saturated heterocycles. The zero-order chi connectivity index (χ0) is 20.0. The highest BCUT2D eigenvalue weighted by molar-refractivity contribution is 5.94. The largest absolute Gasteiger partial charge is 0.481 e. The fourth-order valence-electron chi connectivity index (χ4n) is 5.62. The van der Waals surface area contributed by atoms with Gasteiger partial charge in [0.1, 0.15) is 5.41 Å². The number of nitrogens with two attached hydrogens (primary N) is 1. The first kappa shape index (κ1) is 19.6. The number of carboxylic acids is 1. The first-order valence-corrected chi connectivity index (χ1v) is 9.76. The average molecular weight is 368 g/mol. The van der Waals surface area contributed by atoms with E-state index in [2.05, 4.69) is 44.2 Å². The Bertz CT molecular complexity index is 795. The first-order chi connectivity index (χ1) is 12.8. The molecule has 0 heterocycles. The van der Waals surface area contributed by atoms with Crippen LogP contribution in [0.4, 0.5) is 0 Å². The van der Waals surface area contributed by atoms with Gasteiger partial charge in [-0.05, 0) is 48.1 Å². The van der Waals surface area contributed by atoms with Gasteiger partial charge in [0.25, 0.3) is 0 Å². The van der Waals surface area contributed by atoms with E-state index >= 15 is 0 Å². The Labute approximate surface area is 160 Å². The van der Waals surface area contributed by atoms with Gasteiger partial charge in [0.2, 0.25) is 0 Å². The molecule has 2 aliphatic rings. The molecule has 5 heteroatoms. The molecule has 5 unspecified atom stereocenters. The summed E-state index contributed by atoms with van der Waals surface area (Å²) in [4.78, 5) is 24.8. The van der Waals surface area contributed by atoms with Crippen molar-refractivity contribution in [2.75, 3.05) is 6.54 Å². The summed E-state index contributed by atoms with van der Waals surface area (Å²) in [5, 5.41) is 19.9. The topological polar surface area (TPSA) is 104 Å². The Balaban J connectivity index is 1.94. The third-order valence-electron chi connectivity index (χ3n) is 7.13. The Morgan fingerprint density at radius 2 is 1.96 bits per heavy atom. The summed E-state index contributed by atoms with van der Waals surface area (Å²) in [6.07, 6.45) is 1.63. The summed E-state index contributed by atoms with van der Waals surface area (Å²) >= 11 is 0. The van der Waals surface area contributed by atoms with Crippen LogP contribution in [0.25, 0.3) is 0 Å². The molecular formula is C22H28N2O3. The minimum Gasteiger partial charge on any atom is -0.481 e. The van der Waals surface area contributed by atoms with Gasteiger partial charge in [-0.2, -0.15) is 5.26 Å². The molecule has 0 amide bonds. The highest BCUT2D eigenvalue weighted by atomic mass is 16.4. The molecule has 2 saturated carbocycles. The number of carboxylic acid groups (broad SMARTS) is 1. The van der Waals surface area contributed by atoms with E-state index in [-0.39, 0.29) is 24.2 Å². The fourth-order valence-corrected chi connectivity index (χ4v) is 5.62. The molecule has 5 atom stereocenters. The molecule has 1 aromatic carbocycles. The normalized spacial score (nSPS) is 34.1. The van der Waals surface area contributed by atoms with Crippen molar-refractivity contribution >= 4 is 11.8 Å². The van der Waals surface area contributed by atoms with E-state index in [1.807, 2.05) is 6.92 Å². The number of hydrogen-bond acceptors (Lipinski definition) is 4. The van der Waals surface area contributed by atoms with Gasteiger partial charge in [-0.25, -0.2) is 0 Å². The quantitative estimate of drug-likeness (QED) is 0.769. The molecule has 27 heavy (non-hydrogen) atoms. The van der Waals surface area contributed by atoms with Gasteiger partial charge in [0.05, 0.1) is 18.0 Å². The van der Waals surface area contributed by atoms with Gasteiger partial charge in [0, 0.05) is 5.92 Å². The first-order valence-electron chi connectivity index (χ1n) is 9.76. The summed E-state index contributed by atoms with van der Waals surface area (Å²) in [6.45, 7) is 5.88. The Kier molecular flexibility index (Phi) is 4.90. The molecule has 2 fully saturated rings. The number of benzene rings is 1. The molecular weight excluding hydrogens is 340 g/mol. The molecule has 0 aliphatic heterocycles. The number of carbonyl (C=O) groups excluding carboxylic acids is 1. The third kappa shape index (κ3) is 2.62. The molecule has 3 N–H and O–H groups in total. The monoisotopic (exact) mass is 368 g/mol. The van der Waals surface area contributed by atoms with Crippen molar-refractivity contribution in [3.05, 3.63) is 35.4 Å². The van der Waals surface area contributed by atoms with E-state index < -0.39 is 22.7 Å². The van der Waals surface area contributed by atoms with Crippen LogP contribution in [0.1, 0.15) is 50.7 Å². The number of rotatable bonds is 7. The van der Waals surface area contributed by atoms with Crippen molar-refractivity contribution in [3.8, 4) is 6.07 Å². The standard InChI is InChI=1S/C22H28N2O3/c1-4-21(20(26)27)17-10-16(22(12-24,19(17)21)18(25)11-23)9-14-5-7-15(8-6-14)13(2)3/h5-8,13,16-17,19H,4,9-11,23H2,1-3H3,(H,26,27). The highest BCUT2D eigenvalue weighted by Gasteiger charge is 2.82. The summed E-state index contributed by atoms with van der Waals surface area (Å²) in [5.41, 5.74) is 5.75. The van der Waals surface area contributed by atoms with E-state index in [0.29, 0.717) is 25.2 Å². The van der Waals surface area contributed by atoms with Crippen molar-refractivity contribution in [1.29, 1.82) is 5.26 Å². The lowest BCUT2D eigenvalue weighted by atomic mass is 9.65. The number of nitriles is 1. The van der Waals surface area contributed by atoms with Crippen LogP contribution in [0, 0.1) is 39.9 Å². The number of hydrogen-bond donors (Lipinski definition) is 2.